The summed E-state index contributed by atoms with van der Waals surface area (Å²) in [5.74, 6) is -1.00. The monoisotopic (exact) mass is 307 g/mol. The molecule has 0 bridgehead atoms. The highest BCUT2D eigenvalue weighted by Crippen LogP contribution is 2.18. The number of hydrogen-bond acceptors (Lipinski definition) is 5. The van der Waals surface area contributed by atoms with Gasteiger partial charge in [0.15, 0.2) is 5.13 Å². The normalized spacial score (nSPS) is 11.7. The standard InChI is InChI=1S/C10H17N3O4S2/c1-3-4-5-13(2)19(16,17)12-10-11-8(7-18-10)6-9(14)15/h7H,3-6H2,1-2H3,(H,11,12)(H,14,15). The van der Waals surface area contributed by atoms with E-state index in [9.17, 15) is 13.2 Å². The van der Waals surface area contributed by atoms with Gasteiger partial charge < -0.3 is 5.11 Å². The van der Waals surface area contributed by atoms with Crippen LogP contribution in [0.15, 0.2) is 5.38 Å². The molecule has 0 aromatic carbocycles. The topological polar surface area (TPSA) is 99.6 Å². The zero-order valence-corrected chi connectivity index (χ0v) is 12.4. The Hall–Kier alpha value is -1.19. The predicted molar refractivity (Wildman–Crippen MR) is 73.5 cm³/mol. The van der Waals surface area contributed by atoms with Crippen LogP contribution in [0.2, 0.25) is 0 Å². The third-order valence-corrected chi connectivity index (χ3v) is 4.73. The Bertz CT molecular complexity index is 527. The molecule has 0 saturated heterocycles. The minimum atomic E-state index is -3.62. The number of hydrogen-bond donors (Lipinski definition) is 2. The largest absolute Gasteiger partial charge is 0.481 e. The molecule has 1 aromatic rings. The zero-order valence-electron chi connectivity index (χ0n) is 10.8. The van der Waals surface area contributed by atoms with Crippen molar-refractivity contribution in [2.75, 3.05) is 18.3 Å². The Morgan fingerprint density at radius 3 is 2.84 bits per heavy atom. The average Bonchev–Trinajstić information content (AvgIpc) is 2.71. The molecule has 0 aliphatic heterocycles. The number of thiazole rings is 1. The van der Waals surface area contributed by atoms with Crippen molar-refractivity contribution in [2.45, 2.75) is 26.2 Å². The van der Waals surface area contributed by atoms with Crippen LogP contribution in [0, 0.1) is 0 Å². The lowest BCUT2D eigenvalue weighted by Gasteiger charge is -2.16. The van der Waals surface area contributed by atoms with Crippen molar-refractivity contribution in [2.24, 2.45) is 0 Å². The first kappa shape index (κ1) is 15.9. The van der Waals surface area contributed by atoms with Gasteiger partial charge in [-0.15, -0.1) is 11.3 Å². The number of nitrogens with zero attached hydrogens (tertiary/aromatic N) is 2. The van der Waals surface area contributed by atoms with Gasteiger partial charge in [0.05, 0.1) is 12.1 Å². The highest BCUT2D eigenvalue weighted by atomic mass is 32.2. The highest BCUT2D eigenvalue weighted by molar-refractivity contribution is 7.90. The van der Waals surface area contributed by atoms with Crippen LogP contribution < -0.4 is 4.72 Å². The number of aliphatic carboxylic acids is 1. The van der Waals surface area contributed by atoms with Gasteiger partial charge in [0, 0.05) is 19.0 Å². The van der Waals surface area contributed by atoms with E-state index in [1.165, 1.54) is 16.7 Å². The lowest BCUT2D eigenvalue weighted by atomic mass is 10.3. The molecule has 9 heteroatoms. The fraction of sp³-hybridized carbons (Fsp3) is 0.600. The van der Waals surface area contributed by atoms with E-state index in [1.54, 1.807) is 0 Å². The predicted octanol–water partition coefficient (Wildman–Crippen LogP) is 1.16. The Kier molecular flexibility index (Phi) is 5.70. The Morgan fingerprint density at radius 2 is 2.26 bits per heavy atom. The molecule has 0 aliphatic carbocycles. The third kappa shape index (κ3) is 5.13. The summed E-state index contributed by atoms with van der Waals surface area (Å²) in [6.07, 6.45) is 1.46. The molecule has 19 heavy (non-hydrogen) atoms. The number of nitrogens with one attached hydrogen (secondary N) is 1. The molecule has 0 atom stereocenters. The molecule has 1 rings (SSSR count). The van der Waals surface area contributed by atoms with E-state index in [2.05, 4.69) is 9.71 Å². The van der Waals surface area contributed by atoms with Crippen molar-refractivity contribution in [3.8, 4) is 0 Å². The van der Waals surface area contributed by atoms with E-state index in [1.807, 2.05) is 6.92 Å². The summed E-state index contributed by atoms with van der Waals surface area (Å²) in [6, 6.07) is 0. The molecule has 7 nitrogen and oxygen atoms in total. The first-order valence-corrected chi connectivity index (χ1v) is 8.07. The molecule has 0 fully saturated rings. The average molecular weight is 307 g/mol. The molecule has 0 spiro atoms. The number of carboxylic acids is 1. The summed E-state index contributed by atoms with van der Waals surface area (Å²) in [4.78, 5) is 14.4. The summed E-state index contributed by atoms with van der Waals surface area (Å²) in [5.41, 5.74) is 0.339. The molecule has 0 saturated carbocycles. The third-order valence-electron chi connectivity index (χ3n) is 2.34. The second-order valence-corrected chi connectivity index (χ2v) is 6.63. The quantitative estimate of drug-likeness (QED) is 0.750. The van der Waals surface area contributed by atoms with Crippen molar-refractivity contribution < 1.29 is 18.3 Å². The molecule has 2 N–H and O–H groups in total. The van der Waals surface area contributed by atoms with Gasteiger partial charge in [0.2, 0.25) is 0 Å². The van der Waals surface area contributed by atoms with Gasteiger partial charge in [-0.3, -0.25) is 4.79 Å². The maximum Gasteiger partial charge on any atom is 0.309 e. The molecule has 108 valence electrons. The first-order chi connectivity index (χ1) is 8.85. The molecule has 0 unspecified atom stereocenters. The number of rotatable bonds is 8. The maximum atomic E-state index is 11.9. The summed E-state index contributed by atoms with van der Waals surface area (Å²) < 4.78 is 27.4. The van der Waals surface area contributed by atoms with Gasteiger partial charge in [-0.2, -0.15) is 12.7 Å². The number of unbranched alkanes of at least 4 members (excludes halogenated alkanes) is 1. The second kappa shape index (κ2) is 6.83. The van der Waals surface area contributed by atoms with Crippen molar-refractivity contribution in [1.29, 1.82) is 0 Å². The summed E-state index contributed by atoms with van der Waals surface area (Å²) in [5, 5.41) is 10.3. The van der Waals surface area contributed by atoms with Gasteiger partial charge >= 0.3 is 16.2 Å². The lowest BCUT2D eigenvalue weighted by molar-refractivity contribution is -0.136. The van der Waals surface area contributed by atoms with Gasteiger partial charge in [-0.25, -0.2) is 9.71 Å². The zero-order chi connectivity index (χ0) is 14.5. The molecular weight excluding hydrogens is 290 g/mol. The molecule has 0 amide bonds. The van der Waals surface area contributed by atoms with Gasteiger partial charge in [-0.1, -0.05) is 13.3 Å². The Morgan fingerprint density at radius 1 is 1.58 bits per heavy atom. The van der Waals surface area contributed by atoms with E-state index in [0.717, 1.165) is 24.2 Å². The highest BCUT2D eigenvalue weighted by Gasteiger charge is 2.18. The summed E-state index contributed by atoms with van der Waals surface area (Å²) in [7, 11) is -2.13. The van der Waals surface area contributed by atoms with E-state index in [-0.39, 0.29) is 11.6 Å². The van der Waals surface area contributed by atoms with Crippen LogP contribution >= 0.6 is 11.3 Å². The van der Waals surface area contributed by atoms with Crippen molar-refractivity contribution in [3.05, 3.63) is 11.1 Å². The number of anilines is 1. The lowest BCUT2D eigenvalue weighted by Crippen LogP contribution is -2.33. The smallest absolute Gasteiger partial charge is 0.309 e. The SMILES string of the molecule is CCCCN(C)S(=O)(=O)Nc1nc(CC(=O)O)cs1. The van der Waals surface area contributed by atoms with E-state index in [0.29, 0.717) is 12.2 Å². The van der Waals surface area contributed by atoms with E-state index < -0.39 is 16.2 Å². The van der Waals surface area contributed by atoms with Gasteiger partial charge in [-0.05, 0) is 6.42 Å². The fourth-order valence-electron chi connectivity index (χ4n) is 1.28. The fourth-order valence-corrected chi connectivity index (χ4v) is 3.13. The number of carbonyl (C=O) groups is 1. The van der Waals surface area contributed by atoms with Crippen LogP contribution in [0.25, 0.3) is 0 Å². The summed E-state index contributed by atoms with van der Waals surface area (Å²) >= 11 is 1.07. The van der Waals surface area contributed by atoms with Crippen LogP contribution in [-0.2, 0) is 21.4 Å². The van der Waals surface area contributed by atoms with Crippen molar-refractivity contribution in [3.63, 3.8) is 0 Å². The van der Waals surface area contributed by atoms with E-state index in [4.69, 9.17) is 5.11 Å². The van der Waals surface area contributed by atoms with Crippen LogP contribution in [-0.4, -0.2) is 42.4 Å². The van der Waals surface area contributed by atoms with Crippen LogP contribution in [0.3, 0.4) is 0 Å². The minimum absolute atomic E-state index is 0.180. The summed E-state index contributed by atoms with van der Waals surface area (Å²) in [6.45, 7) is 2.41. The molecular formula is C10H17N3O4S2. The molecule has 1 aromatic heterocycles. The van der Waals surface area contributed by atoms with E-state index >= 15 is 0 Å². The van der Waals surface area contributed by atoms with Crippen molar-refractivity contribution in [1.82, 2.24) is 9.29 Å². The number of carboxylic acid groups (broad SMARTS) is 1. The maximum absolute atomic E-state index is 11.9. The molecule has 1 heterocycles. The Balaban J connectivity index is 2.67. The van der Waals surface area contributed by atoms with Gasteiger partial charge in [0.25, 0.3) is 0 Å². The first-order valence-electron chi connectivity index (χ1n) is 5.75. The number of aromatic nitrogens is 1. The van der Waals surface area contributed by atoms with Crippen molar-refractivity contribution >= 4 is 32.6 Å². The Labute approximate surface area is 116 Å². The van der Waals surface area contributed by atoms with Gasteiger partial charge in [0.1, 0.15) is 0 Å². The molecule has 0 radical (unpaired) electrons. The van der Waals surface area contributed by atoms with Crippen LogP contribution in [0.4, 0.5) is 5.13 Å². The molecule has 0 aliphatic rings. The minimum Gasteiger partial charge on any atom is -0.481 e. The van der Waals surface area contributed by atoms with Crippen LogP contribution in [0.1, 0.15) is 25.5 Å². The second-order valence-electron chi connectivity index (χ2n) is 4.00. The van der Waals surface area contributed by atoms with Crippen LogP contribution in [0.5, 0.6) is 0 Å².